The number of carboxylic acids is 1. The highest BCUT2D eigenvalue weighted by atomic mass is 79.9. The topological polar surface area (TPSA) is 87.7 Å². The summed E-state index contributed by atoms with van der Waals surface area (Å²) in [4.78, 5) is 23.7. The molecule has 0 bridgehead atoms. The van der Waals surface area contributed by atoms with E-state index in [1.807, 2.05) is 0 Å². The molecule has 0 unspecified atom stereocenters. The van der Waals surface area contributed by atoms with Crippen molar-refractivity contribution in [3.8, 4) is 5.75 Å². The molecule has 0 aromatic heterocycles. The van der Waals surface area contributed by atoms with Gasteiger partial charge in [0.25, 0.3) is 5.91 Å². The van der Waals surface area contributed by atoms with Gasteiger partial charge in [0.15, 0.2) is 5.11 Å². The van der Waals surface area contributed by atoms with Crippen molar-refractivity contribution in [3.05, 3.63) is 58.1 Å². The van der Waals surface area contributed by atoms with Gasteiger partial charge in [0.05, 0.1) is 17.9 Å². The summed E-state index contributed by atoms with van der Waals surface area (Å²) in [5.74, 6) is -0.914. The first kappa shape index (κ1) is 20.9. The zero-order valence-electron chi connectivity index (χ0n) is 14.6. The van der Waals surface area contributed by atoms with Gasteiger partial charge in [-0.1, -0.05) is 35.3 Å². The number of carboxylic acid groups (broad SMARTS) is 1. The molecule has 0 heterocycles. The van der Waals surface area contributed by atoms with Crippen molar-refractivity contribution in [2.75, 3.05) is 11.9 Å². The molecule has 0 aliphatic rings. The van der Waals surface area contributed by atoms with Crippen LogP contribution in [0.1, 0.15) is 40.5 Å². The van der Waals surface area contributed by atoms with Gasteiger partial charge in [0.2, 0.25) is 0 Å². The minimum atomic E-state index is -1.11. The number of halogens is 1. The van der Waals surface area contributed by atoms with E-state index in [9.17, 15) is 14.7 Å². The molecule has 142 valence electrons. The van der Waals surface area contributed by atoms with Gasteiger partial charge < -0.3 is 15.2 Å². The third-order valence-electron chi connectivity index (χ3n) is 3.55. The van der Waals surface area contributed by atoms with Gasteiger partial charge in [-0.05, 0) is 55.0 Å². The van der Waals surface area contributed by atoms with Crippen LogP contribution in [0.25, 0.3) is 0 Å². The number of hydrogen-bond donors (Lipinski definition) is 3. The van der Waals surface area contributed by atoms with Gasteiger partial charge in [0.1, 0.15) is 5.75 Å². The van der Waals surface area contributed by atoms with Crippen LogP contribution >= 0.6 is 28.1 Å². The number of hydrogen-bond acceptors (Lipinski definition) is 4. The fourth-order valence-electron chi connectivity index (χ4n) is 2.19. The second-order valence-electron chi connectivity index (χ2n) is 5.63. The number of rotatable bonds is 7. The summed E-state index contributed by atoms with van der Waals surface area (Å²) >= 11 is 8.36. The van der Waals surface area contributed by atoms with Crippen molar-refractivity contribution in [2.24, 2.45) is 0 Å². The Balaban J connectivity index is 2.03. The van der Waals surface area contributed by atoms with E-state index in [0.29, 0.717) is 22.4 Å². The Labute approximate surface area is 171 Å². The van der Waals surface area contributed by atoms with Crippen molar-refractivity contribution in [3.63, 3.8) is 0 Å². The number of benzene rings is 2. The van der Waals surface area contributed by atoms with Crippen LogP contribution in [0.2, 0.25) is 0 Å². The molecular formula is C19H19BrN2O4S. The lowest BCUT2D eigenvalue weighted by Gasteiger charge is -2.12. The Kier molecular flexibility index (Phi) is 7.75. The molecule has 0 atom stereocenters. The summed E-state index contributed by atoms with van der Waals surface area (Å²) in [6.07, 6.45) is 1.96. The third-order valence-corrected chi connectivity index (χ3v) is 4.25. The van der Waals surface area contributed by atoms with Gasteiger partial charge in [-0.2, -0.15) is 0 Å². The summed E-state index contributed by atoms with van der Waals surface area (Å²) in [5.41, 5.74) is 0.711. The van der Waals surface area contributed by atoms with Crippen LogP contribution in [0, 0.1) is 0 Å². The molecule has 6 nitrogen and oxygen atoms in total. The quantitative estimate of drug-likeness (QED) is 0.426. The van der Waals surface area contributed by atoms with Gasteiger partial charge in [-0.3, -0.25) is 10.1 Å². The van der Waals surface area contributed by atoms with E-state index in [1.165, 1.54) is 6.07 Å². The first-order chi connectivity index (χ1) is 12.9. The molecule has 3 N–H and O–H groups in total. The van der Waals surface area contributed by atoms with Crippen molar-refractivity contribution < 1.29 is 19.4 Å². The van der Waals surface area contributed by atoms with Gasteiger partial charge in [-0.25, -0.2) is 4.79 Å². The van der Waals surface area contributed by atoms with Gasteiger partial charge in [0, 0.05) is 10.0 Å². The number of ether oxygens (including phenoxy) is 1. The van der Waals surface area contributed by atoms with Crippen molar-refractivity contribution in [1.29, 1.82) is 0 Å². The second kappa shape index (κ2) is 10.0. The molecule has 27 heavy (non-hydrogen) atoms. The molecule has 0 aliphatic heterocycles. The molecule has 2 rings (SSSR count). The van der Waals surface area contributed by atoms with Gasteiger partial charge in [-0.15, -0.1) is 0 Å². The Hall–Kier alpha value is -2.45. The third kappa shape index (κ3) is 6.33. The molecule has 0 radical (unpaired) electrons. The highest BCUT2D eigenvalue weighted by molar-refractivity contribution is 9.10. The smallest absolute Gasteiger partial charge is 0.337 e. The standard InChI is InChI=1S/C19H19BrN2O4S/c1-2-3-9-26-14-6-4-5-12(10-14)17(23)22-19(27)21-16-8-7-13(20)11-15(16)18(24)25/h4-8,10-11H,2-3,9H2,1H3,(H,24,25)(H2,21,22,23,27). The molecule has 8 heteroatoms. The average Bonchev–Trinajstić information content (AvgIpc) is 2.63. The number of amides is 1. The maximum absolute atomic E-state index is 12.4. The van der Waals surface area contributed by atoms with Crippen LogP contribution < -0.4 is 15.4 Å². The zero-order chi connectivity index (χ0) is 19.8. The SMILES string of the molecule is CCCCOc1cccc(C(=O)NC(=S)Nc2ccc(Br)cc2C(=O)O)c1. The Morgan fingerprint density at radius 2 is 2.00 bits per heavy atom. The lowest BCUT2D eigenvalue weighted by molar-refractivity contribution is 0.0697. The van der Waals surface area contributed by atoms with Crippen LogP contribution in [0.5, 0.6) is 5.75 Å². The van der Waals surface area contributed by atoms with E-state index in [4.69, 9.17) is 17.0 Å². The number of thiocarbonyl (C=S) groups is 1. The van der Waals surface area contributed by atoms with E-state index in [2.05, 4.69) is 33.5 Å². The minimum Gasteiger partial charge on any atom is -0.494 e. The fourth-order valence-corrected chi connectivity index (χ4v) is 2.76. The first-order valence-electron chi connectivity index (χ1n) is 8.28. The van der Waals surface area contributed by atoms with E-state index >= 15 is 0 Å². The number of carbonyl (C=O) groups excluding carboxylic acids is 1. The molecular weight excluding hydrogens is 432 g/mol. The highest BCUT2D eigenvalue weighted by Gasteiger charge is 2.14. The molecule has 0 fully saturated rings. The number of unbranched alkanes of at least 4 members (excludes halogenated alkanes) is 1. The fraction of sp³-hybridized carbons (Fsp3) is 0.211. The number of anilines is 1. The largest absolute Gasteiger partial charge is 0.494 e. The lowest BCUT2D eigenvalue weighted by Crippen LogP contribution is -2.34. The van der Waals surface area contributed by atoms with E-state index in [0.717, 1.165) is 12.8 Å². The summed E-state index contributed by atoms with van der Waals surface area (Å²) in [6.45, 7) is 2.66. The van der Waals surface area contributed by atoms with Crippen LogP contribution in [0.15, 0.2) is 46.9 Å². The number of carbonyl (C=O) groups is 2. The summed E-state index contributed by atoms with van der Waals surface area (Å²) in [6, 6.07) is 11.5. The Bertz CT molecular complexity index is 857. The van der Waals surface area contributed by atoms with Crippen LogP contribution in [-0.4, -0.2) is 28.7 Å². The minimum absolute atomic E-state index is 0.00197. The van der Waals surface area contributed by atoms with Crippen molar-refractivity contribution >= 4 is 50.8 Å². The van der Waals surface area contributed by atoms with E-state index in [-0.39, 0.29) is 16.4 Å². The van der Waals surface area contributed by atoms with Crippen molar-refractivity contribution in [2.45, 2.75) is 19.8 Å². The van der Waals surface area contributed by atoms with Crippen LogP contribution in [-0.2, 0) is 0 Å². The normalized spacial score (nSPS) is 10.1. The molecule has 0 aliphatic carbocycles. The van der Waals surface area contributed by atoms with Crippen LogP contribution in [0.4, 0.5) is 5.69 Å². The van der Waals surface area contributed by atoms with Crippen LogP contribution in [0.3, 0.4) is 0 Å². The number of nitrogens with one attached hydrogen (secondary N) is 2. The molecule has 1 amide bonds. The molecule has 0 saturated carbocycles. The lowest BCUT2D eigenvalue weighted by atomic mass is 10.2. The maximum Gasteiger partial charge on any atom is 0.337 e. The maximum atomic E-state index is 12.4. The Morgan fingerprint density at radius 1 is 1.22 bits per heavy atom. The monoisotopic (exact) mass is 450 g/mol. The Morgan fingerprint density at radius 3 is 2.70 bits per heavy atom. The highest BCUT2D eigenvalue weighted by Crippen LogP contribution is 2.21. The average molecular weight is 451 g/mol. The van der Waals surface area contributed by atoms with E-state index in [1.54, 1.807) is 36.4 Å². The molecule has 0 spiro atoms. The van der Waals surface area contributed by atoms with Gasteiger partial charge >= 0.3 is 5.97 Å². The molecule has 0 saturated heterocycles. The molecule has 2 aromatic rings. The first-order valence-corrected chi connectivity index (χ1v) is 9.49. The van der Waals surface area contributed by atoms with Crippen molar-refractivity contribution in [1.82, 2.24) is 5.32 Å². The summed E-state index contributed by atoms with van der Waals surface area (Å²) in [5, 5.41) is 14.6. The number of aromatic carboxylic acids is 1. The zero-order valence-corrected chi connectivity index (χ0v) is 17.0. The summed E-state index contributed by atoms with van der Waals surface area (Å²) in [7, 11) is 0. The van der Waals surface area contributed by atoms with E-state index < -0.39 is 11.9 Å². The second-order valence-corrected chi connectivity index (χ2v) is 6.96. The predicted molar refractivity (Wildman–Crippen MR) is 112 cm³/mol. The predicted octanol–water partition coefficient (Wildman–Crippen LogP) is 4.45. The summed E-state index contributed by atoms with van der Waals surface area (Å²) < 4.78 is 6.22. The molecule has 2 aromatic carbocycles.